The van der Waals surface area contributed by atoms with Crippen LogP contribution in [0.5, 0.6) is 0 Å². The average Bonchev–Trinajstić information content (AvgIpc) is 3.31. The highest BCUT2D eigenvalue weighted by Gasteiger charge is 2.66. The molecule has 204 valence electrons. The number of aliphatic hydroxyl groups is 1. The fraction of sp³-hybridized carbons (Fsp3) is 0.517. The Balaban J connectivity index is 1.67. The van der Waals surface area contributed by atoms with E-state index in [4.69, 9.17) is 23.2 Å². The lowest BCUT2D eigenvalue weighted by atomic mass is 9.62. The molecular formula is C29H34Cl2FN3O3. The van der Waals surface area contributed by atoms with Gasteiger partial charge in [0.1, 0.15) is 11.2 Å². The lowest BCUT2D eigenvalue weighted by molar-refractivity contribution is -0.124. The summed E-state index contributed by atoms with van der Waals surface area (Å²) in [5, 5.41) is 19.9. The van der Waals surface area contributed by atoms with Gasteiger partial charge in [-0.25, -0.2) is 4.39 Å². The van der Waals surface area contributed by atoms with E-state index in [2.05, 4.69) is 36.7 Å². The van der Waals surface area contributed by atoms with Gasteiger partial charge in [0, 0.05) is 28.7 Å². The van der Waals surface area contributed by atoms with E-state index in [0.717, 1.165) is 0 Å². The Morgan fingerprint density at radius 1 is 1.16 bits per heavy atom. The molecule has 2 aromatic rings. The molecule has 1 saturated heterocycles. The molecule has 1 aliphatic carbocycles. The molecule has 0 aromatic heterocycles. The number of hydrogen-bond donors (Lipinski definition) is 4. The van der Waals surface area contributed by atoms with Crippen LogP contribution < -0.4 is 16.0 Å². The first-order chi connectivity index (χ1) is 17.9. The van der Waals surface area contributed by atoms with Gasteiger partial charge in [0.25, 0.3) is 0 Å². The molecule has 4 N–H and O–H groups in total. The third kappa shape index (κ3) is 4.72. The van der Waals surface area contributed by atoms with Gasteiger partial charge in [0.05, 0.1) is 17.2 Å². The molecule has 1 spiro atoms. The quantitative estimate of drug-likeness (QED) is 0.407. The maximum absolute atomic E-state index is 15.8. The SMILES string of the molecule is CC(C)(C)C[C@H]1N[C@H](C(=O)NC2CCC(O)CC2)[C@H](c2cccc(Cl)c2F)[C@@]12C(=O)Nc1cc(Cl)ccc12. The summed E-state index contributed by atoms with van der Waals surface area (Å²) in [6.07, 6.45) is 2.75. The number of carbonyl (C=O) groups is 2. The van der Waals surface area contributed by atoms with Gasteiger partial charge in [-0.3, -0.25) is 9.59 Å². The lowest BCUT2D eigenvalue weighted by Gasteiger charge is -2.38. The molecule has 0 unspecified atom stereocenters. The summed E-state index contributed by atoms with van der Waals surface area (Å²) in [6, 6.07) is 8.50. The molecule has 2 aromatic carbocycles. The molecule has 2 aliphatic heterocycles. The van der Waals surface area contributed by atoms with E-state index in [-0.39, 0.29) is 40.0 Å². The smallest absolute Gasteiger partial charge is 0.238 e. The standard InChI is InChI=1S/C29H34Cl2FN3O3/c1-28(2,3)14-22-29(19-12-7-15(30)13-21(19)34-27(29)38)23(18-5-4-6-20(31)24(18)32)25(35-22)26(37)33-16-8-10-17(36)11-9-16/h4-7,12-13,16-17,22-23,25,35-36H,8-11,14H2,1-3H3,(H,33,37)(H,34,38)/t16?,17?,22-,23+,25+,29+/m1/s1. The molecular weight excluding hydrogens is 528 g/mol. The van der Waals surface area contributed by atoms with E-state index in [1.807, 2.05) is 6.07 Å². The Morgan fingerprint density at radius 3 is 2.55 bits per heavy atom. The van der Waals surface area contributed by atoms with Gasteiger partial charge in [-0.05, 0) is 66.8 Å². The van der Waals surface area contributed by atoms with Crippen molar-refractivity contribution >= 4 is 40.7 Å². The number of fused-ring (bicyclic) bond motifs is 2. The number of halogens is 3. The second kappa shape index (κ2) is 10.1. The van der Waals surface area contributed by atoms with Crippen molar-refractivity contribution < 1.29 is 19.1 Å². The average molecular weight is 563 g/mol. The zero-order valence-electron chi connectivity index (χ0n) is 21.8. The van der Waals surface area contributed by atoms with Crippen molar-refractivity contribution in [3.05, 3.63) is 63.4 Å². The van der Waals surface area contributed by atoms with Crippen molar-refractivity contribution in [2.45, 2.75) is 88.4 Å². The van der Waals surface area contributed by atoms with Crippen molar-refractivity contribution in [2.75, 3.05) is 5.32 Å². The van der Waals surface area contributed by atoms with Gasteiger partial charge in [0.2, 0.25) is 11.8 Å². The number of carbonyl (C=O) groups excluding carboxylic acids is 2. The molecule has 6 nitrogen and oxygen atoms in total. The lowest BCUT2D eigenvalue weighted by Crippen LogP contribution is -2.50. The minimum atomic E-state index is -1.27. The predicted octanol–water partition coefficient (Wildman–Crippen LogP) is 5.30. The molecule has 2 heterocycles. The van der Waals surface area contributed by atoms with Crippen LogP contribution in [0.2, 0.25) is 10.0 Å². The van der Waals surface area contributed by atoms with E-state index < -0.39 is 29.2 Å². The van der Waals surface area contributed by atoms with Crippen LogP contribution in [-0.4, -0.2) is 41.2 Å². The molecule has 5 rings (SSSR count). The highest BCUT2D eigenvalue weighted by Crippen LogP contribution is 2.57. The van der Waals surface area contributed by atoms with Crippen LogP contribution in [0.15, 0.2) is 36.4 Å². The summed E-state index contributed by atoms with van der Waals surface area (Å²) in [4.78, 5) is 28.1. The normalized spacial score (nSPS) is 30.8. The number of hydrogen-bond acceptors (Lipinski definition) is 4. The van der Waals surface area contributed by atoms with Gasteiger partial charge in [0.15, 0.2) is 0 Å². The number of nitrogens with one attached hydrogen (secondary N) is 3. The van der Waals surface area contributed by atoms with E-state index >= 15 is 4.39 Å². The third-order valence-corrected chi connectivity index (χ3v) is 8.79. The number of rotatable bonds is 4. The Labute approximate surface area is 232 Å². The maximum Gasteiger partial charge on any atom is 0.238 e. The van der Waals surface area contributed by atoms with Gasteiger partial charge in [-0.1, -0.05) is 62.2 Å². The summed E-state index contributed by atoms with van der Waals surface area (Å²) < 4.78 is 15.8. The van der Waals surface area contributed by atoms with Gasteiger partial charge >= 0.3 is 0 Å². The Kier molecular flexibility index (Phi) is 7.27. The van der Waals surface area contributed by atoms with E-state index in [1.165, 1.54) is 6.07 Å². The predicted molar refractivity (Wildman–Crippen MR) is 147 cm³/mol. The minimum absolute atomic E-state index is 0.0629. The number of aliphatic hydroxyl groups excluding tert-OH is 1. The van der Waals surface area contributed by atoms with E-state index in [0.29, 0.717) is 48.4 Å². The molecule has 2 amide bonds. The summed E-state index contributed by atoms with van der Waals surface area (Å²) in [5.74, 6) is -2.09. The van der Waals surface area contributed by atoms with Crippen molar-refractivity contribution in [3.63, 3.8) is 0 Å². The number of benzene rings is 2. The maximum atomic E-state index is 15.8. The van der Waals surface area contributed by atoms with E-state index in [1.54, 1.807) is 24.3 Å². The van der Waals surface area contributed by atoms with Crippen molar-refractivity contribution in [1.29, 1.82) is 0 Å². The van der Waals surface area contributed by atoms with Gasteiger partial charge in [-0.2, -0.15) is 0 Å². The van der Waals surface area contributed by atoms with Gasteiger partial charge < -0.3 is 21.1 Å². The zero-order chi connectivity index (χ0) is 27.4. The molecule has 2 fully saturated rings. The van der Waals surface area contributed by atoms with Crippen LogP contribution >= 0.6 is 23.2 Å². The van der Waals surface area contributed by atoms with Crippen LogP contribution in [0, 0.1) is 11.2 Å². The Morgan fingerprint density at radius 2 is 1.87 bits per heavy atom. The molecule has 3 aliphatic rings. The third-order valence-electron chi connectivity index (χ3n) is 8.26. The Bertz CT molecular complexity index is 1260. The first-order valence-electron chi connectivity index (χ1n) is 13.2. The van der Waals surface area contributed by atoms with Crippen LogP contribution in [0.4, 0.5) is 10.1 Å². The summed E-state index contributed by atoms with van der Waals surface area (Å²) >= 11 is 12.5. The van der Waals surface area contributed by atoms with Crippen LogP contribution in [0.3, 0.4) is 0 Å². The molecule has 0 radical (unpaired) electrons. The first-order valence-corrected chi connectivity index (χ1v) is 14.0. The minimum Gasteiger partial charge on any atom is -0.393 e. The summed E-state index contributed by atoms with van der Waals surface area (Å²) in [5.41, 5.74) is -0.00278. The zero-order valence-corrected chi connectivity index (χ0v) is 23.3. The molecule has 38 heavy (non-hydrogen) atoms. The summed E-state index contributed by atoms with van der Waals surface area (Å²) in [7, 11) is 0. The second-order valence-electron chi connectivity index (χ2n) is 12.1. The van der Waals surface area contributed by atoms with Crippen LogP contribution in [0.25, 0.3) is 0 Å². The molecule has 0 bridgehead atoms. The monoisotopic (exact) mass is 561 g/mol. The highest BCUT2D eigenvalue weighted by atomic mass is 35.5. The largest absolute Gasteiger partial charge is 0.393 e. The number of anilines is 1. The fourth-order valence-electron chi connectivity index (χ4n) is 6.66. The highest BCUT2D eigenvalue weighted by molar-refractivity contribution is 6.31. The Hall–Kier alpha value is -2.19. The van der Waals surface area contributed by atoms with Crippen LogP contribution in [0.1, 0.15) is 69.9 Å². The topological polar surface area (TPSA) is 90.5 Å². The first kappa shape index (κ1) is 27.4. The van der Waals surface area contributed by atoms with Crippen LogP contribution in [-0.2, 0) is 15.0 Å². The molecule has 1 saturated carbocycles. The summed E-state index contributed by atoms with van der Waals surface area (Å²) in [6.45, 7) is 6.23. The second-order valence-corrected chi connectivity index (χ2v) is 13.0. The van der Waals surface area contributed by atoms with Crippen molar-refractivity contribution in [1.82, 2.24) is 10.6 Å². The van der Waals surface area contributed by atoms with Crippen molar-refractivity contribution in [2.24, 2.45) is 5.41 Å². The van der Waals surface area contributed by atoms with Crippen molar-refractivity contribution in [3.8, 4) is 0 Å². The molecule has 4 atom stereocenters. The molecule has 9 heteroatoms. The fourth-order valence-corrected chi connectivity index (χ4v) is 7.02. The number of amides is 2. The van der Waals surface area contributed by atoms with Gasteiger partial charge in [-0.15, -0.1) is 0 Å². The van der Waals surface area contributed by atoms with E-state index in [9.17, 15) is 14.7 Å².